The smallest absolute Gasteiger partial charge is 0.303 e. The quantitative estimate of drug-likeness (QED) is 0.676. The molecule has 0 bridgehead atoms. The van der Waals surface area contributed by atoms with Crippen molar-refractivity contribution in [2.24, 2.45) is 11.7 Å². The van der Waals surface area contributed by atoms with Crippen LogP contribution < -0.4 is 5.73 Å². The highest BCUT2D eigenvalue weighted by atomic mass is 32.2. The molecule has 1 heterocycles. The van der Waals surface area contributed by atoms with Gasteiger partial charge in [-0.1, -0.05) is 0 Å². The third-order valence-corrected chi connectivity index (χ3v) is 4.36. The van der Waals surface area contributed by atoms with Gasteiger partial charge in [0, 0.05) is 12.5 Å². The molecule has 1 aliphatic heterocycles. The van der Waals surface area contributed by atoms with E-state index in [1.807, 2.05) is 0 Å². The molecule has 0 aromatic heterocycles. The molecule has 0 aromatic rings. The van der Waals surface area contributed by atoms with Gasteiger partial charge in [-0.25, -0.2) is 8.42 Å². The summed E-state index contributed by atoms with van der Waals surface area (Å²) in [5.74, 6) is -0.913. The Morgan fingerprint density at radius 2 is 2.14 bits per heavy atom. The lowest BCUT2D eigenvalue weighted by Crippen LogP contribution is -2.42. The highest BCUT2D eigenvalue weighted by Gasteiger charge is 2.30. The van der Waals surface area contributed by atoms with Gasteiger partial charge in [-0.2, -0.15) is 0 Å². The number of carboxylic acids is 1. The van der Waals surface area contributed by atoms with E-state index in [2.05, 4.69) is 0 Å². The summed E-state index contributed by atoms with van der Waals surface area (Å²) < 4.78 is 22.5. The fraction of sp³-hybridized carbons (Fsp3) is 0.875. The van der Waals surface area contributed by atoms with E-state index in [0.717, 1.165) is 0 Å². The van der Waals surface area contributed by atoms with Crippen molar-refractivity contribution in [2.45, 2.75) is 25.3 Å². The molecule has 5 nitrogen and oxygen atoms in total. The maximum absolute atomic E-state index is 11.2. The first kappa shape index (κ1) is 11.5. The molecule has 0 unspecified atom stereocenters. The molecule has 0 saturated carbocycles. The van der Waals surface area contributed by atoms with E-state index < -0.39 is 15.8 Å². The van der Waals surface area contributed by atoms with Gasteiger partial charge in [-0.15, -0.1) is 0 Å². The van der Waals surface area contributed by atoms with Crippen LogP contribution in [0.4, 0.5) is 0 Å². The lowest BCUT2D eigenvalue weighted by atomic mass is 9.95. The second-order valence-electron chi connectivity index (χ2n) is 3.76. The Kier molecular flexibility index (Phi) is 3.49. The molecule has 0 amide bonds. The lowest BCUT2D eigenvalue weighted by molar-refractivity contribution is -0.137. The molecule has 1 aliphatic rings. The number of hydrogen-bond donors (Lipinski definition) is 2. The maximum atomic E-state index is 11.2. The van der Waals surface area contributed by atoms with Crippen LogP contribution in [0.2, 0.25) is 0 Å². The van der Waals surface area contributed by atoms with Crippen LogP contribution in [0.3, 0.4) is 0 Å². The van der Waals surface area contributed by atoms with E-state index in [1.165, 1.54) is 0 Å². The zero-order valence-electron chi connectivity index (χ0n) is 7.85. The van der Waals surface area contributed by atoms with Gasteiger partial charge < -0.3 is 10.8 Å². The summed E-state index contributed by atoms with van der Waals surface area (Å²) in [5.41, 5.74) is 5.73. The normalized spacial score (nSPS) is 31.2. The molecule has 0 aromatic carbocycles. The molecule has 3 N–H and O–H groups in total. The monoisotopic (exact) mass is 221 g/mol. The van der Waals surface area contributed by atoms with Gasteiger partial charge in [0.1, 0.15) is 0 Å². The van der Waals surface area contributed by atoms with E-state index in [9.17, 15) is 13.2 Å². The fourth-order valence-corrected chi connectivity index (χ4v) is 3.55. The molecular formula is C8H15NO4S. The zero-order valence-corrected chi connectivity index (χ0v) is 8.66. The molecule has 0 radical (unpaired) electrons. The molecule has 2 atom stereocenters. The largest absolute Gasteiger partial charge is 0.481 e. The highest BCUT2D eigenvalue weighted by molar-refractivity contribution is 7.91. The van der Waals surface area contributed by atoms with E-state index >= 15 is 0 Å². The van der Waals surface area contributed by atoms with E-state index in [1.54, 1.807) is 0 Å². The van der Waals surface area contributed by atoms with Gasteiger partial charge in [-0.3, -0.25) is 4.79 Å². The molecule has 82 valence electrons. The first-order chi connectivity index (χ1) is 6.41. The number of sulfone groups is 1. The summed E-state index contributed by atoms with van der Waals surface area (Å²) in [4.78, 5) is 10.3. The van der Waals surface area contributed by atoms with Crippen LogP contribution in [0.25, 0.3) is 0 Å². The second-order valence-corrected chi connectivity index (χ2v) is 5.99. The summed E-state index contributed by atoms with van der Waals surface area (Å²) in [7, 11) is -2.99. The van der Waals surface area contributed by atoms with Gasteiger partial charge >= 0.3 is 5.97 Å². The summed E-state index contributed by atoms with van der Waals surface area (Å²) in [6, 6.07) is -0.169. The fourth-order valence-electron chi connectivity index (χ4n) is 1.69. The van der Waals surface area contributed by atoms with Crippen LogP contribution in [0.5, 0.6) is 0 Å². The van der Waals surface area contributed by atoms with Crippen LogP contribution in [0.15, 0.2) is 0 Å². The van der Waals surface area contributed by atoms with Crippen LogP contribution >= 0.6 is 0 Å². The number of rotatable bonds is 3. The topological polar surface area (TPSA) is 97.5 Å². The van der Waals surface area contributed by atoms with Crippen molar-refractivity contribution >= 4 is 15.8 Å². The lowest BCUT2D eigenvalue weighted by Gasteiger charge is -2.27. The number of nitrogens with two attached hydrogens (primary N) is 1. The minimum Gasteiger partial charge on any atom is -0.481 e. The maximum Gasteiger partial charge on any atom is 0.303 e. The minimum absolute atomic E-state index is 0.00606. The molecule has 1 saturated heterocycles. The van der Waals surface area contributed by atoms with Crippen molar-refractivity contribution in [1.82, 2.24) is 0 Å². The van der Waals surface area contributed by atoms with E-state index in [4.69, 9.17) is 10.8 Å². The van der Waals surface area contributed by atoms with Crippen molar-refractivity contribution in [3.05, 3.63) is 0 Å². The molecule has 0 aliphatic carbocycles. The van der Waals surface area contributed by atoms with Crippen molar-refractivity contribution < 1.29 is 18.3 Å². The predicted octanol–water partition coefficient (Wildman–Crippen LogP) is -0.387. The van der Waals surface area contributed by atoms with Crippen molar-refractivity contribution in [1.29, 1.82) is 0 Å². The van der Waals surface area contributed by atoms with Crippen LogP contribution in [0.1, 0.15) is 19.3 Å². The SMILES string of the molecule is N[C@H]1CCS(=O)(=O)C[C@@H]1CCC(=O)O. The summed E-state index contributed by atoms with van der Waals surface area (Å²) in [6.45, 7) is 0. The number of carbonyl (C=O) groups is 1. The van der Waals surface area contributed by atoms with Gasteiger partial charge in [0.2, 0.25) is 0 Å². The Hall–Kier alpha value is -0.620. The standard InChI is InChI=1S/C8H15NO4S/c9-7-3-4-14(12,13)5-6(7)1-2-8(10)11/h6-7H,1-5,9H2,(H,10,11)/t6-,7-/m0/s1. The molecule has 6 heteroatoms. The zero-order chi connectivity index (χ0) is 10.8. The van der Waals surface area contributed by atoms with E-state index in [0.29, 0.717) is 12.8 Å². The van der Waals surface area contributed by atoms with Crippen LogP contribution in [-0.4, -0.2) is 37.0 Å². The Labute approximate surface area is 83.2 Å². The predicted molar refractivity (Wildman–Crippen MR) is 51.6 cm³/mol. The van der Waals surface area contributed by atoms with Crippen LogP contribution in [0, 0.1) is 5.92 Å². The summed E-state index contributed by atoms with van der Waals surface area (Å²) in [5, 5.41) is 8.47. The first-order valence-electron chi connectivity index (χ1n) is 4.58. The Bertz CT molecular complexity index is 311. The molecule has 0 spiro atoms. The van der Waals surface area contributed by atoms with Crippen LogP contribution in [-0.2, 0) is 14.6 Å². The average molecular weight is 221 g/mol. The molecular weight excluding hydrogens is 206 g/mol. The van der Waals surface area contributed by atoms with Gasteiger partial charge in [0.25, 0.3) is 0 Å². The summed E-state index contributed by atoms with van der Waals surface area (Å²) in [6.07, 6.45) is 0.802. The minimum atomic E-state index is -2.99. The van der Waals surface area contributed by atoms with Gasteiger partial charge in [-0.05, 0) is 18.8 Å². The van der Waals surface area contributed by atoms with E-state index in [-0.39, 0.29) is 29.9 Å². The number of hydrogen-bond acceptors (Lipinski definition) is 4. The van der Waals surface area contributed by atoms with Crippen molar-refractivity contribution in [3.63, 3.8) is 0 Å². The van der Waals surface area contributed by atoms with Gasteiger partial charge in [0.05, 0.1) is 11.5 Å². The average Bonchev–Trinajstić information content (AvgIpc) is 2.06. The third-order valence-electron chi connectivity index (χ3n) is 2.56. The Morgan fingerprint density at radius 1 is 1.50 bits per heavy atom. The van der Waals surface area contributed by atoms with Gasteiger partial charge in [0.15, 0.2) is 9.84 Å². The third kappa shape index (κ3) is 3.26. The number of carboxylic acid groups (broad SMARTS) is 1. The summed E-state index contributed by atoms with van der Waals surface area (Å²) >= 11 is 0. The number of aliphatic carboxylic acids is 1. The molecule has 1 fully saturated rings. The van der Waals surface area contributed by atoms with Crippen molar-refractivity contribution in [3.8, 4) is 0 Å². The molecule has 14 heavy (non-hydrogen) atoms. The van der Waals surface area contributed by atoms with Crippen molar-refractivity contribution in [2.75, 3.05) is 11.5 Å². The Balaban J connectivity index is 2.53. The highest BCUT2D eigenvalue weighted by Crippen LogP contribution is 2.21. The Morgan fingerprint density at radius 3 is 2.71 bits per heavy atom. The first-order valence-corrected chi connectivity index (χ1v) is 6.40. The molecule has 1 rings (SSSR count). The second kappa shape index (κ2) is 4.27.